The van der Waals surface area contributed by atoms with E-state index in [0.717, 1.165) is 24.1 Å². The lowest BCUT2D eigenvalue weighted by Gasteiger charge is -2.08. The van der Waals surface area contributed by atoms with E-state index >= 15 is 0 Å². The Hall–Kier alpha value is -2.30. The fourth-order valence-corrected chi connectivity index (χ4v) is 2.24. The Bertz CT molecular complexity index is 666. The van der Waals surface area contributed by atoms with Crippen LogP contribution in [0.1, 0.15) is 5.56 Å². The van der Waals surface area contributed by atoms with Crippen LogP contribution in [-0.4, -0.2) is 19.1 Å². The van der Waals surface area contributed by atoms with E-state index in [-0.39, 0.29) is 0 Å². The van der Waals surface area contributed by atoms with Gasteiger partial charge in [-0.15, -0.1) is 0 Å². The second kappa shape index (κ2) is 4.18. The van der Waals surface area contributed by atoms with Gasteiger partial charge in [-0.05, 0) is 18.6 Å². The molecule has 3 rings (SSSR count). The van der Waals surface area contributed by atoms with Crippen molar-refractivity contribution in [2.75, 3.05) is 5.73 Å². The van der Waals surface area contributed by atoms with Gasteiger partial charge in [0.05, 0.1) is 17.4 Å². The van der Waals surface area contributed by atoms with E-state index in [2.05, 4.69) is 27.5 Å². The van der Waals surface area contributed by atoms with Crippen molar-refractivity contribution in [1.29, 1.82) is 0 Å². The third-order valence-electron chi connectivity index (χ3n) is 3.14. The maximum absolute atomic E-state index is 5.99. The number of fused-ring (bicyclic) bond motifs is 1. The van der Waals surface area contributed by atoms with Gasteiger partial charge >= 0.3 is 0 Å². The minimum absolute atomic E-state index is 0.569. The van der Waals surface area contributed by atoms with Gasteiger partial charge in [0.2, 0.25) is 5.95 Å². The first-order chi connectivity index (χ1) is 8.75. The van der Waals surface area contributed by atoms with Crippen molar-refractivity contribution in [3.8, 4) is 0 Å². The fourth-order valence-electron chi connectivity index (χ4n) is 2.24. The number of nitrogen functional groups attached to an aromatic ring is 1. The number of para-hydroxylation sites is 1. The van der Waals surface area contributed by atoms with Gasteiger partial charge in [-0.2, -0.15) is 0 Å². The molecule has 1 aromatic carbocycles. The lowest BCUT2D eigenvalue weighted by atomic mass is 10.2. The summed E-state index contributed by atoms with van der Waals surface area (Å²) in [6.07, 6.45) is 5.53. The van der Waals surface area contributed by atoms with Crippen LogP contribution in [0.15, 0.2) is 36.9 Å². The molecule has 2 N–H and O–H groups in total. The highest BCUT2D eigenvalue weighted by molar-refractivity contribution is 5.81. The van der Waals surface area contributed by atoms with Crippen LogP contribution >= 0.6 is 0 Å². The number of aryl methyl sites for hydroxylation is 3. The number of anilines is 1. The monoisotopic (exact) mass is 241 g/mol. The number of hydrogen-bond donors (Lipinski definition) is 1. The SMILES string of the molecule is Cc1cccc2nc(N)n(CCn3ccnc3)c12. The van der Waals surface area contributed by atoms with E-state index in [1.807, 2.05) is 29.2 Å². The predicted molar refractivity (Wildman–Crippen MR) is 71.1 cm³/mol. The summed E-state index contributed by atoms with van der Waals surface area (Å²) in [5.41, 5.74) is 9.26. The van der Waals surface area contributed by atoms with E-state index in [0.29, 0.717) is 5.95 Å². The third-order valence-corrected chi connectivity index (χ3v) is 3.14. The Balaban J connectivity index is 1.98. The molecule has 0 atom stereocenters. The number of aromatic nitrogens is 4. The van der Waals surface area contributed by atoms with Gasteiger partial charge in [0.1, 0.15) is 0 Å². The Labute approximate surface area is 105 Å². The van der Waals surface area contributed by atoms with Gasteiger partial charge in [-0.25, -0.2) is 9.97 Å². The van der Waals surface area contributed by atoms with E-state index in [9.17, 15) is 0 Å². The van der Waals surface area contributed by atoms with Crippen LogP contribution in [0.4, 0.5) is 5.95 Å². The Morgan fingerprint density at radius 3 is 2.94 bits per heavy atom. The Morgan fingerprint density at radius 1 is 1.28 bits per heavy atom. The first kappa shape index (κ1) is 10.8. The highest BCUT2D eigenvalue weighted by Gasteiger charge is 2.09. The van der Waals surface area contributed by atoms with Crippen LogP contribution in [-0.2, 0) is 13.1 Å². The standard InChI is InChI=1S/C13H15N5/c1-10-3-2-4-11-12(10)18(13(14)16-11)8-7-17-6-5-15-9-17/h2-6,9H,7-8H2,1H3,(H2,14,16). The molecule has 2 heterocycles. The molecule has 0 saturated carbocycles. The summed E-state index contributed by atoms with van der Waals surface area (Å²) in [6.45, 7) is 3.71. The molecule has 0 radical (unpaired) electrons. The largest absolute Gasteiger partial charge is 0.369 e. The minimum atomic E-state index is 0.569. The van der Waals surface area contributed by atoms with Gasteiger partial charge in [-0.3, -0.25) is 0 Å². The maximum atomic E-state index is 5.99. The average molecular weight is 241 g/mol. The molecule has 0 aliphatic rings. The van der Waals surface area contributed by atoms with Crippen molar-refractivity contribution in [1.82, 2.24) is 19.1 Å². The quantitative estimate of drug-likeness (QED) is 0.761. The zero-order chi connectivity index (χ0) is 12.5. The van der Waals surface area contributed by atoms with Crippen LogP contribution in [0.25, 0.3) is 11.0 Å². The summed E-state index contributed by atoms with van der Waals surface area (Å²) in [6, 6.07) is 6.08. The summed E-state index contributed by atoms with van der Waals surface area (Å²) in [5.74, 6) is 0.569. The maximum Gasteiger partial charge on any atom is 0.201 e. The number of rotatable bonds is 3. The number of nitrogens with zero attached hydrogens (tertiary/aromatic N) is 4. The van der Waals surface area contributed by atoms with E-state index < -0.39 is 0 Å². The number of hydrogen-bond acceptors (Lipinski definition) is 3. The van der Waals surface area contributed by atoms with Crippen molar-refractivity contribution < 1.29 is 0 Å². The van der Waals surface area contributed by atoms with Crippen LogP contribution < -0.4 is 5.73 Å². The molecule has 92 valence electrons. The predicted octanol–water partition coefficient (Wildman–Crippen LogP) is 1.82. The lowest BCUT2D eigenvalue weighted by Crippen LogP contribution is -2.09. The molecule has 0 bridgehead atoms. The topological polar surface area (TPSA) is 61.7 Å². The second-order valence-electron chi connectivity index (χ2n) is 4.36. The smallest absolute Gasteiger partial charge is 0.201 e. The van der Waals surface area contributed by atoms with Crippen LogP contribution in [0.3, 0.4) is 0 Å². The van der Waals surface area contributed by atoms with Crippen molar-refractivity contribution in [3.63, 3.8) is 0 Å². The van der Waals surface area contributed by atoms with Crippen molar-refractivity contribution in [3.05, 3.63) is 42.5 Å². The molecule has 0 spiro atoms. The Morgan fingerprint density at radius 2 is 2.17 bits per heavy atom. The highest BCUT2D eigenvalue weighted by atomic mass is 15.2. The van der Waals surface area contributed by atoms with E-state index in [4.69, 9.17) is 5.73 Å². The van der Waals surface area contributed by atoms with Crippen LogP contribution in [0.2, 0.25) is 0 Å². The number of benzene rings is 1. The first-order valence-electron chi connectivity index (χ1n) is 5.93. The highest BCUT2D eigenvalue weighted by Crippen LogP contribution is 2.21. The van der Waals surface area contributed by atoms with Gasteiger partial charge in [0.15, 0.2) is 0 Å². The van der Waals surface area contributed by atoms with Gasteiger partial charge in [-0.1, -0.05) is 12.1 Å². The molecule has 5 heteroatoms. The van der Waals surface area contributed by atoms with Crippen molar-refractivity contribution in [2.24, 2.45) is 0 Å². The first-order valence-corrected chi connectivity index (χ1v) is 5.93. The molecule has 0 amide bonds. The Kier molecular flexibility index (Phi) is 2.51. The molecule has 0 aliphatic heterocycles. The van der Waals surface area contributed by atoms with Crippen LogP contribution in [0.5, 0.6) is 0 Å². The van der Waals surface area contributed by atoms with Crippen LogP contribution in [0, 0.1) is 6.92 Å². The molecule has 2 aromatic heterocycles. The molecule has 5 nitrogen and oxygen atoms in total. The van der Waals surface area contributed by atoms with Crippen molar-refractivity contribution in [2.45, 2.75) is 20.0 Å². The molecular formula is C13H15N5. The summed E-state index contributed by atoms with van der Waals surface area (Å²) < 4.78 is 4.09. The number of imidazole rings is 2. The van der Waals surface area contributed by atoms with Gasteiger partial charge in [0.25, 0.3) is 0 Å². The number of nitrogens with two attached hydrogens (primary N) is 1. The molecular weight excluding hydrogens is 226 g/mol. The summed E-state index contributed by atoms with van der Waals surface area (Å²) in [4.78, 5) is 8.42. The summed E-state index contributed by atoms with van der Waals surface area (Å²) in [7, 11) is 0. The third kappa shape index (κ3) is 1.73. The molecule has 18 heavy (non-hydrogen) atoms. The summed E-state index contributed by atoms with van der Waals surface area (Å²) in [5, 5.41) is 0. The molecule has 0 unspecified atom stereocenters. The molecule has 0 saturated heterocycles. The van der Waals surface area contributed by atoms with E-state index in [1.54, 1.807) is 6.20 Å². The second-order valence-corrected chi connectivity index (χ2v) is 4.36. The fraction of sp³-hybridized carbons (Fsp3) is 0.231. The zero-order valence-corrected chi connectivity index (χ0v) is 10.2. The molecule has 3 aromatic rings. The van der Waals surface area contributed by atoms with E-state index in [1.165, 1.54) is 5.56 Å². The lowest BCUT2D eigenvalue weighted by molar-refractivity contribution is 0.593. The molecule has 0 aliphatic carbocycles. The zero-order valence-electron chi connectivity index (χ0n) is 10.2. The van der Waals surface area contributed by atoms with Gasteiger partial charge in [0, 0.05) is 25.5 Å². The minimum Gasteiger partial charge on any atom is -0.369 e. The summed E-state index contributed by atoms with van der Waals surface area (Å²) >= 11 is 0. The van der Waals surface area contributed by atoms with Crippen molar-refractivity contribution >= 4 is 17.0 Å². The average Bonchev–Trinajstić information content (AvgIpc) is 2.94. The molecule has 0 fully saturated rings. The van der Waals surface area contributed by atoms with Gasteiger partial charge < -0.3 is 14.9 Å². The normalized spacial score (nSPS) is 11.2.